The Labute approximate surface area is 101 Å². The first-order chi connectivity index (χ1) is 8.07. The van der Waals surface area contributed by atoms with Crippen molar-refractivity contribution in [3.8, 4) is 0 Å². The van der Waals surface area contributed by atoms with E-state index in [1.165, 1.54) is 0 Å². The summed E-state index contributed by atoms with van der Waals surface area (Å²) in [7, 11) is 0. The zero-order valence-corrected chi connectivity index (χ0v) is 10.1. The first-order valence-electron chi connectivity index (χ1n) is 5.67. The van der Waals surface area contributed by atoms with E-state index >= 15 is 0 Å². The van der Waals surface area contributed by atoms with Crippen LogP contribution in [0.25, 0.3) is 0 Å². The Kier molecular flexibility index (Phi) is 5.80. The van der Waals surface area contributed by atoms with Gasteiger partial charge in [0.15, 0.2) is 6.29 Å². The van der Waals surface area contributed by atoms with Crippen LogP contribution >= 0.6 is 0 Å². The van der Waals surface area contributed by atoms with Gasteiger partial charge in [0.05, 0.1) is 12.7 Å². The van der Waals surface area contributed by atoms with Crippen molar-refractivity contribution in [3.05, 3.63) is 24.3 Å². The summed E-state index contributed by atoms with van der Waals surface area (Å²) < 4.78 is 10.5. The monoisotopic (exact) mass is 244 g/mol. The Morgan fingerprint density at radius 2 is 1.82 bits per heavy atom. The highest BCUT2D eigenvalue weighted by Crippen LogP contribution is 2.21. The number of rotatable bonds is 4. The highest BCUT2D eigenvalue weighted by molar-refractivity contribution is 5.01. The van der Waals surface area contributed by atoms with Crippen LogP contribution in [0.2, 0.25) is 0 Å². The molecule has 1 heterocycles. The van der Waals surface area contributed by atoms with E-state index in [-0.39, 0.29) is 6.61 Å². The molecule has 0 aromatic heterocycles. The van der Waals surface area contributed by atoms with E-state index in [1.807, 2.05) is 25.2 Å². The van der Waals surface area contributed by atoms with Crippen molar-refractivity contribution in [1.29, 1.82) is 0 Å². The fraction of sp³-hybridized carbons (Fsp3) is 0.667. The average molecular weight is 244 g/mol. The van der Waals surface area contributed by atoms with Gasteiger partial charge in [-0.25, -0.2) is 0 Å². The van der Waals surface area contributed by atoms with E-state index in [2.05, 4.69) is 0 Å². The minimum Gasteiger partial charge on any atom is -0.388 e. The Morgan fingerprint density at radius 3 is 2.47 bits per heavy atom. The number of allylic oxidation sites excluding steroid dienone is 3. The molecule has 1 fully saturated rings. The molecule has 0 aromatic rings. The third-order valence-corrected chi connectivity index (χ3v) is 2.60. The number of ether oxygens (including phenoxy) is 2. The van der Waals surface area contributed by atoms with Gasteiger partial charge in [-0.05, 0) is 13.8 Å². The van der Waals surface area contributed by atoms with Crippen LogP contribution < -0.4 is 0 Å². The maximum atomic E-state index is 9.63. The van der Waals surface area contributed by atoms with Gasteiger partial charge in [0.25, 0.3) is 0 Å². The molecule has 0 amide bonds. The molecule has 98 valence electrons. The van der Waals surface area contributed by atoms with Gasteiger partial charge in [-0.15, -0.1) is 0 Å². The van der Waals surface area contributed by atoms with Gasteiger partial charge >= 0.3 is 0 Å². The van der Waals surface area contributed by atoms with E-state index in [0.717, 1.165) is 0 Å². The first-order valence-corrected chi connectivity index (χ1v) is 5.67. The predicted octanol–water partition coefficient (Wildman–Crippen LogP) is -0.0372. The lowest BCUT2D eigenvalue weighted by Gasteiger charge is -2.38. The molecule has 0 saturated carbocycles. The SMILES string of the molecule is C/C=C/C=C/CO[C@@H]1OC(C)[C@H](O)C(O)C1O. The Balaban J connectivity index is 2.42. The standard InChI is InChI=1S/C12H20O5/c1-3-4-5-6-7-16-12-11(15)10(14)9(13)8(2)17-12/h3-6,8-15H,7H2,1-2H3/b4-3+,6-5+/t8?,9-,10?,11?,12+/m0/s1. The minimum absolute atomic E-state index is 0.265. The summed E-state index contributed by atoms with van der Waals surface area (Å²) in [5, 5.41) is 28.6. The Bertz CT molecular complexity index is 276. The lowest BCUT2D eigenvalue weighted by Crippen LogP contribution is -2.57. The molecule has 17 heavy (non-hydrogen) atoms. The Hall–Kier alpha value is -0.720. The topological polar surface area (TPSA) is 79.2 Å². The van der Waals surface area contributed by atoms with E-state index in [1.54, 1.807) is 13.0 Å². The molecule has 0 bridgehead atoms. The second-order valence-electron chi connectivity index (χ2n) is 3.97. The molecule has 0 aromatic carbocycles. The van der Waals surface area contributed by atoms with Crippen molar-refractivity contribution in [3.63, 3.8) is 0 Å². The number of aliphatic hydroxyl groups is 3. The quantitative estimate of drug-likeness (QED) is 0.605. The van der Waals surface area contributed by atoms with Gasteiger partial charge < -0.3 is 24.8 Å². The second kappa shape index (κ2) is 6.88. The van der Waals surface area contributed by atoms with Crippen LogP contribution in [0.3, 0.4) is 0 Å². The van der Waals surface area contributed by atoms with Crippen LogP contribution in [0.5, 0.6) is 0 Å². The summed E-state index contributed by atoms with van der Waals surface area (Å²) in [5.41, 5.74) is 0. The molecule has 1 saturated heterocycles. The highest BCUT2D eigenvalue weighted by atomic mass is 16.7. The summed E-state index contributed by atoms with van der Waals surface area (Å²) in [4.78, 5) is 0. The maximum Gasteiger partial charge on any atom is 0.186 e. The Morgan fingerprint density at radius 1 is 1.12 bits per heavy atom. The number of hydrogen-bond donors (Lipinski definition) is 3. The van der Waals surface area contributed by atoms with Crippen molar-refractivity contribution >= 4 is 0 Å². The average Bonchev–Trinajstić information content (AvgIpc) is 2.32. The van der Waals surface area contributed by atoms with Crippen LogP contribution in [0.15, 0.2) is 24.3 Å². The van der Waals surface area contributed by atoms with E-state index in [0.29, 0.717) is 0 Å². The van der Waals surface area contributed by atoms with Gasteiger partial charge in [0.1, 0.15) is 18.3 Å². The van der Waals surface area contributed by atoms with Gasteiger partial charge in [-0.1, -0.05) is 24.3 Å². The van der Waals surface area contributed by atoms with Gasteiger partial charge in [0, 0.05) is 0 Å². The van der Waals surface area contributed by atoms with E-state index in [9.17, 15) is 15.3 Å². The molecule has 1 aliphatic rings. The normalized spacial score (nSPS) is 39.2. The van der Waals surface area contributed by atoms with E-state index < -0.39 is 30.7 Å². The molecule has 5 nitrogen and oxygen atoms in total. The summed E-state index contributed by atoms with van der Waals surface area (Å²) in [5.74, 6) is 0. The summed E-state index contributed by atoms with van der Waals surface area (Å²) in [6.45, 7) is 3.78. The van der Waals surface area contributed by atoms with Crippen molar-refractivity contribution in [2.45, 2.75) is 44.6 Å². The number of hydrogen-bond acceptors (Lipinski definition) is 5. The fourth-order valence-corrected chi connectivity index (χ4v) is 1.55. The lowest BCUT2D eigenvalue weighted by molar-refractivity contribution is -0.290. The van der Waals surface area contributed by atoms with Crippen molar-refractivity contribution in [2.24, 2.45) is 0 Å². The van der Waals surface area contributed by atoms with Crippen molar-refractivity contribution in [1.82, 2.24) is 0 Å². The molecule has 5 atom stereocenters. The molecule has 3 unspecified atom stereocenters. The smallest absolute Gasteiger partial charge is 0.186 e. The lowest BCUT2D eigenvalue weighted by atomic mass is 10.0. The fourth-order valence-electron chi connectivity index (χ4n) is 1.55. The molecule has 0 spiro atoms. The first kappa shape index (κ1) is 14.3. The predicted molar refractivity (Wildman–Crippen MR) is 62.3 cm³/mol. The molecule has 3 N–H and O–H groups in total. The van der Waals surface area contributed by atoms with Gasteiger partial charge in [-0.3, -0.25) is 0 Å². The van der Waals surface area contributed by atoms with Crippen LogP contribution in [0, 0.1) is 0 Å². The van der Waals surface area contributed by atoms with Crippen LogP contribution in [0.1, 0.15) is 13.8 Å². The highest BCUT2D eigenvalue weighted by Gasteiger charge is 2.42. The number of aliphatic hydroxyl groups excluding tert-OH is 3. The summed E-state index contributed by atoms with van der Waals surface area (Å²) in [6.07, 6.45) is 2.23. The molecule has 1 rings (SSSR count). The third-order valence-electron chi connectivity index (χ3n) is 2.60. The zero-order chi connectivity index (χ0) is 12.8. The van der Waals surface area contributed by atoms with Crippen molar-refractivity contribution < 1.29 is 24.8 Å². The molecule has 0 aliphatic carbocycles. The third kappa shape index (κ3) is 3.90. The maximum absolute atomic E-state index is 9.63. The molecule has 1 aliphatic heterocycles. The summed E-state index contributed by atoms with van der Waals surface area (Å²) >= 11 is 0. The van der Waals surface area contributed by atoms with Crippen molar-refractivity contribution in [2.75, 3.05) is 6.61 Å². The molecule has 5 heteroatoms. The van der Waals surface area contributed by atoms with Crippen LogP contribution in [-0.2, 0) is 9.47 Å². The van der Waals surface area contributed by atoms with Crippen LogP contribution in [0.4, 0.5) is 0 Å². The van der Waals surface area contributed by atoms with Crippen LogP contribution in [-0.4, -0.2) is 52.6 Å². The molecule has 0 radical (unpaired) electrons. The molecular weight excluding hydrogens is 224 g/mol. The largest absolute Gasteiger partial charge is 0.388 e. The van der Waals surface area contributed by atoms with Gasteiger partial charge in [0.2, 0.25) is 0 Å². The summed E-state index contributed by atoms with van der Waals surface area (Å²) in [6, 6.07) is 0. The molecular formula is C12H20O5. The zero-order valence-electron chi connectivity index (χ0n) is 10.1. The second-order valence-corrected chi connectivity index (χ2v) is 3.97. The van der Waals surface area contributed by atoms with Gasteiger partial charge in [-0.2, -0.15) is 0 Å². The minimum atomic E-state index is -1.25. The van der Waals surface area contributed by atoms with E-state index in [4.69, 9.17) is 9.47 Å².